The Labute approximate surface area is 149 Å². The zero-order valence-electron chi connectivity index (χ0n) is 14.2. The van der Waals surface area contributed by atoms with Crippen LogP contribution in [0.15, 0.2) is 36.5 Å². The van der Waals surface area contributed by atoms with Gasteiger partial charge in [-0.05, 0) is 30.3 Å². The fourth-order valence-corrected chi connectivity index (χ4v) is 3.07. The van der Waals surface area contributed by atoms with Gasteiger partial charge >= 0.3 is 0 Å². The first-order chi connectivity index (χ1) is 12.6. The quantitative estimate of drug-likeness (QED) is 0.755. The van der Waals surface area contributed by atoms with E-state index >= 15 is 0 Å². The van der Waals surface area contributed by atoms with Crippen molar-refractivity contribution in [3.8, 4) is 22.5 Å². The monoisotopic (exact) mass is 352 g/mol. The Morgan fingerprint density at radius 3 is 2.85 bits per heavy atom. The van der Waals surface area contributed by atoms with Crippen molar-refractivity contribution in [2.75, 3.05) is 11.9 Å². The summed E-state index contributed by atoms with van der Waals surface area (Å²) in [5, 5.41) is 10.6. The number of nitrogens with zero attached hydrogens (tertiary/aromatic N) is 4. The van der Waals surface area contributed by atoms with Gasteiger partial charge in [0.2, 0.25) is 11.9 Å². The van der Waals surface area contributed by atoms with Gasteiger partial charge in [0, 0.05) is 37.2 Å². The van der Waals surface area contributed by atoms with Crippen LogP contribution in [0.5, 0.6) is 0 Å². The third-order valence-corrected chi connectivity index (χ3v) is 4.18. The summed E-state index contributed by atoms with van der Waals surface area (Å²) >= 11 is 0. The topological polar surface area (TPSA) is 84.7 Å². The molecule has 0 spiro atoms. The first kappa shape index (κ1) is 16.3. The number of amides is 1. The Hall–Kier alpha value is -3.13. The number of benzene rings is 1. The second kappa shape index (κ2) is 6.64. The second-order valence-electron chi connectivity index (χ2n) is 6.03. The van der Waals surface area contributed by atoms with Gasteiger partial charge in [0.05, 0.1) is 18.1 Å². The van der Waals surface area contributed by atoms with Crippen LogP contribution in [0.2, 0.25) is 0 Å². The molecule has 1 aliphatic heterocycles. The highest BCUT2D eigenvalue weighted by molar-refractivity contribution is 5.87. The number of fused-ring (bicyclic) bond motifs is 1. The molecule has 26 heavy (non-hydrogen) atoms. The van der Waals surface area contributed by atoms with Gasteiger partial charge in [0.25, 0.3) is 0 Å². The van der Waals surface area contributed by atoms with Crippen LogP contribution in [0.25, 0.3) is 22.5 Å². The Morgan fingerprint density at radius 1 is 1.27 bits per heavy atom. The van der Waals surface area contributed by atoms with Crippen LogP contribution in [-0.4, -0.2) is 32.2 Å². The summed E-state index contributed by atoms with van der Waals surface area (Å²) in [6, 6.07) is 8.03. The lowest BCUT2D eigenvalue weighted by Crippen LogP contribution is -2.29. The summed E-state index contributed by atoms with van der Waals surface area (Å²) in [5.74, 6) is -0.285. The van der Waals surface area contributed by atoms with Crippen LogP contribution in [0.1, 0.15) is 12.6 Å². The molecule has 1 aromatic carbocycles. The first-order valence-corrected chi connectivity index (χ1v) is 8.29. The highest BCUT2D eigenvalue weighted by Crippen LogP contribution is 2.34. The molecular formula is C18H17FN6O. The standard InChI is InChI=1S/C18H17FN6O/c1-11(26)22-18-21-9-6-14(23-18)16-15-7-8-20-10-25(15)24-17(16)12-2-4-13(19)5-3-12/h2-6,9,20H,7-8,10H2,1H3,(H,21,22,23,26). The normalized spacial score (nSPS) is 13.3. The lowest BCUT2D eigenvalue weighted by Gasteiger charge is -2.16. The van der Waals surface area contributed by atoms with Crippen molar-refractivity contribution in [3.63, 3.8) is 0 Å². The van der Waals surface area contributed by atoms with E-state index in [0.717, 1.165) is 35.5 Å². The van der Waals surface area contributed by atoms with Crippen molar-refractivity contribution in [1.82, 2.24) is 25.1 Å². The van der Waals surface area contributed by atoms with Gasteiger partial charge in [-0.3, -0.25) is 20.1 Å². The van der Waals surface area contributed by atoms with E-state index in [2.05, 4.69) is 20.6 Å². The molecule has 2 aromatic heterocycles. The van der Waals surface area contributed by atoms with Crippen molar-refractivity contribution in [1.29, 1.82) is 0 Å². The van der Waals surface area contributed by atoms with Crippen LogP contribution < -0.4 is 10.6 Å². The lowest BCUT2D eigenvalue weighted by atomic mass is 10.0. The molecule has 132 valence electrons. The van der Waals surface area contributed by atoms with Crippen molar-refractivity contribution in [2.24, 2.45) is 0 Å². The summed E-state index contributed by atoms with van der Waals surface area (Å²) in [7, 11) is 0. The molecule has 1 amide bonds. The molecule has 2 N–H and O–H groups in total. The number of halogens is 1. The van der Waals surface area contributed by atoms with E-state index in [4.69, 9.17) is 5.10 Å². The van der Waals surface area contributed by atoms with E-state index in [9.17, 15) is 9.18 Å². The molecule has 7 nitrogen and oxygen atoms in total. The van der Waals surface area contributed by atoms with Crippen molar-refractivity contribution in [2.45, 2.75) is 20.0 Å². The minimum Gasteiger partial charge on any atom is -0.298 e. The van der Waals surface area contributed by atoms with Gasteiger partial charge in [0.15, 0.2) is 0 Å². The Bertz CT molecular complexity index is 966. The van der Waals surface area contributed by atoms with E-state index in [-0.39, 0.29) is 17.7 Å². The van der Waals surface area contributed by atoms with Crippen LogP contribution in [0.4, 0.5) is 10.3 Å². The molecule has 3 heterocycles. The summed E-state index contributed by atoms with van der Waals surface area (Å²) < 4.78 is 15.2. The van der Waals surface area contributed by atoms with Crippen LogP contribution in [-0.2, 0) is 17.9 Å². The van der Waals surface area contributed by atoms with Crippen molar-refractivity contribution >= 4 is 11.9 Å². The summed E-state index contributed by atoms with van der Waals surface area (Å²) in [6.07, 6.45) is 2.40. The molecule has 8 heteroatoms. The highest BCUT2D eigenvalue weighted by Gasteiger charge is 2.23. The number of hydrogen-bond acceptors (Lipinski definition) is 5. The van der Waals surface area contributed by atoms with E-state index in [0.29, 0.717) is 12.4 Å². The van der Waals surface area contributed by atoms with E-state index < -0.39 is 0 Å². The highest BCUT2D eigenvalue weighted by atomic mass is 19.1. The number of carbonyl (C=O) groups is 1. The first-order valence-electron chi connectivity index (χ1n) is 8.29. The maximum Gasteiger partial charge on any atom is 0.229 e. The van der Waals surface area contributed by atoms with Crippen LogP contribution >= 0.6 is 0 Å². The molecule has 0 radical (unpaired) electrons. The lowest BCUT2D eigenvalue weighted by molar-refractivity contribution is -0.114. The molecule has 0 saturated heterocycles. The number of nitrogens with one attached hydrogen (secondary N) is 2. The molecule has 0 saturated carbocycles. The average molecular weight is 352 g/mol. The third kappa shape index (κ3) is 3.06. The Morgan fingerprint density at radius 2 is 2.08 bits per heavy atom. The zero-order chi connectivity index (χ0) is 18.1. The van der Waals surface area contributed by atoms with Gasteiger partial charge in [-0.15, -0.1) is 0 Å². The smallest absolute Gasteiger partial charge is 0.229 e. The van der Waals surface area contributed by atoms with E-state index in [1.54, 1.807) is 24.4 Å². The van der Waals surface area contributed by atoms with Crippen molar-refractivity contribution < 1.29 is 9.18 Å². The predicted molar refractivity (Wildman–Crippen MR) is 94.7 cm³/mol. The minimum atomic E-state index is -0.295. The average Bonchev–Trinajstić information content (AvgIpc) is 3.01. The van der Waals surface area contributed by atoms with Gasteiger partial charge < -0.3 is 0 Å². The molecule has 0 aliphatic carbocycles. The molecule has 0 bridgehead atoms. The number of anilines is 1. The largest absolute Gasteiger partial charge is 0.298 e. The number of carbonyl (C=O) groups excluding carboxylic acids is 1. The minimum absolute atomic E-state index is 0.234. The molecule has 0 atom stereocenters. The van der Waals surface area contributed by atoms with Gasteiger partial charge in [-0.2, -0.15) is 5.10 Å². The predicted octanol–water partition coefficient (Wildman–Crippen LogP) is 2.21. The maximum atomic E-state index is 13.3. The Balaban J connectivity index is 1.88. The van der Waals surface area contributed by atoms with Gasteiger partial charge in [-0.25, -0.2) is 14.4 Å². The number of hydrogen-bond donors (Lipinski definition) is 2. The molecular weight excluding hydrogens is 335 g/mol. The van der Waals surface area contributed by atoms with E-state index in [1.807, 2.05) is 4.68 Å². The summed E-state index contributed by atoms with van der Waals surface area (Å²) in [4.78, 5) is 19.9. The van der Waals surface area contributed by atoms with Gasteiger partial charge in [0.1, 0.15) is 11.5 Å². The van der Waals surface area contributed by atoms with Crippen LogP contribution in [0, 0.1) is 5.82 Å². The summed E-state index contributed by atoms with van der Waals surface area (Å²) in [5.41, 5.74) is 4.15. The van der Waals surface area contributed by atoms with Crippen molar-refractivity contribution in [3.05, 3.63) is 48.0 Å². The number of aromatic nitrogens is 4. The van der Waals surface area contributed by atoms with E-state index in [1.165, 1.54) is 19.1 Å². The van der Waals surface area contributed by atoms with Gasteiger partial charge in [-0.1, -0.05) is 0 Å². The molecule has 0 unspecified atom stereocenters. The fraction of sp³-hybridized carbons (Fsp3) is 0.222. The third-order valence-electron chi connectivity index (χ3n) is 4.18. The zero-order valence-corrected chi connectivity index (χ0v) is 14.2. The SMILES string of the molecule is CC(=O)Nc1nccc(-c2c(-c3ccc(F)cc3)nn3c2CCNC3)n1. The molecule has 1 aliphatic rings. The fourth-order valence-electron chi connectivity index (χ4n) is 3.07. The van der Waals surface area contributed by atoms with Crippen LogP contribution in [0.3, 0.4) is 0 Å². The molecule has 4 rings (SSSR count). The molecule has 3 aromatic rings. The maximum absolute atomic E-state index is 13.3. The number of rotatable bonds is 3. The summed E-state index contributed by atoms with van der Waals surface area (Å²) in [6.45, 7) is 2.85. The second-order valence-corrected chi connectivity index (χ2v) is 6.03. The molecule has 0 fully saturated rings. The Kier molecular flexibility index (Phi) is 4.18.